The zero-order chi connectivity index (χ0) is 14.2. The molecule has 1 fully saturated rings. The molecule has 3 amide bonds. The maximum atomic E-state index is 12.3. The van der Waals surface area contributed by atoms with Gasteiger partial charge in [0, 0.05) is 11.3 Å². The van der Waals surface area contributed by atoms with E-state index in [-0.39, 0.29) is 23.9 Å². The average Bonchev–Trinajstić information content (AvgIpc) is 2.92. The van der Waals surface area contributed by atoms with Crippen LogP contribution in [0.3, 0.4) is 0 Å². The van der Waals surface area contributed by atoms with Crippen molar-refractivity contribution in [1.29, 1.82) is 0 Å². The Balaban J connectivity index is 2.23. The monoisotopic (exact) mass is 279 g/mol. The highest BCUT2D eigenvalue weighted by Crippen LogP contribution is 2.27. The van der Waals surface area contributed by atoms with Gasteiger partial charge in [0.05, 0.1) is 16.7 Å². The van der Waals surface area contributed by atoms with E-state index in [1.165, 1.54) is 16.2 Å². The molecule has 6 heteroatoms. The second kappa shape index (κ2) is 5.13. The minimum Gasteiger partial charge on any atom is -0.325 e. The van der Waals surface area contributed by atoms with Gasteiger partial charge in [-0.1, -0.05) is 13.0 Å². The van der Waals surface area contributed by atoms with E-state index < -0.39 is 6.04 Å². The fraction of sp³-hybridized carbons (Fsp3) is 0.462. The zero-order valence-corrected chi connectivity index (χ0v) is 12.0. The number of imide groups is 1. The molecule has 0 aromatic carbocycles. The predicted molar refractivity (Wildman–Crippen MR) is 73.8 cm³/mol. The van der Waals surface area contributed by atoms with Crippen molar-refractivity contribution < 1.29 is 9.59 Å². The Morgan fingerprint density at radius 3 is 2.74 bits per heavy atom. The van der Waals surface area contributed by atoms with E-state index >= 15 is 0 Å². The number of rotatable bonds is 4. The summed E-state index contributed by atoms with van der Waals surface area (Å²) in [5, 5.41) is 5.50. The highest BCUT2D eigenvalue weighted by molar-refractivity contribution is 7.09. The van der Waals surface area contributed by atoms with Crippen LogP contribution < -0.4 is 5.32 Å². The summed E-state index contributed by atoms with van der Waals surface area (Å²) in [7, 11) is 0. The van der Waals surface area contributed by atoms with E-state index in [9.17, 15) is 9.59 Å². The van der Waals surface area contributed by atoms with Crippen LogP contribution in [0.2, 0.25) is 0 Å². The molecule has 0 radical (unpaired) electrons. The molecule has 1 aliphatic rings. The first-order valence-corrected chi connectivity index (χ1v) is 7.01. The van der Waals surface area contributed by atoms with Crippen LogP contribution in [-0.4, -0.2) is 27.9 Å². The quantitative estimate of drug-likeness (QED) is 0.679. The summed E-state index contributed by atoms with van der Waals surface area (Å²) < 4.78 is 0. The van der Waals surface area contributed by atoms with Crippen LogP contribution in [0.15, 0.2) is 18.0 Å². The highest BCUT2D eigenvalue weighted by atomic mass is 32.1. The molecule has 1 aromatic heterocycles. The molecule has 1 N–H and O–H groups in total. The molecule has 19 heavy (non-hydrogen) atoms. The number of aromatic nitrogens is 1. The van der Waals surface area contributed by atoms with Crippen molar-refractivity contribution in [3.05, 3.63) is 28.7 Å². The van der Waals surface area contributed by atoms with E-state index in [0.29, 0.717) is 0 Å². The molecule has 0 unspecified atom stereocenters. The fourth-order valence-electron chi connectivity index (χ4n) is 2.08. The molecule has 2 rings (SSSR count). The van der Waals surface area contributed by atoms with Gasteiger partial charge in [0.2, 0.25) is 0 Å². The lowest BCUT2D eigenvalue weighted by Gasteiger charge is -2.20. The summed E-state index contributed by atoms with van der Waals surface area (Å²) in [4.78, 5) is 29.9. The lowest BCUT2D eigenvalue weighted by molar-refractivity contribution is -0.129. The van der Waals surface area contributed by atoms with Crippen molar-refractivity contribution in [2.75, 3.05) is 0 Å². The summed E-state index contributed by atoms with van der Waals surface area (Å²) in [6, 6.07) is -1.23. The molecule has 2 heterocycles. The predicted octanol–water partition coefficient (Wildman–Crippen LogP) is 2.26. The van der Waals surface area contributed by atoms with Gasteiger partial charge >= 0.3 is 6.03 Å². The minimum absolute atomic E-state index is 0.0918. The lowest BCUT2D eigenvalue weighted by Crippen LogP contribution is -2.36. The van der Waals surface area contributed by atoms with Crippen LogP contribution in [-0.2, 0) is 4.79 Å². The Bertz CT molecular complexity index is 526. The van der Waals surface area contributed by atoms with Gasteiger partial charge in [-0.25, -0.2) is 9.78 Å². The Kier molecular flexibility index (Phi) is 3.71. The molecular weight excluding hydrogens is 262 g/mol. The van der Waals surface area contributed by atoms with Crippen molar-refractivity contribution in [1.82, 2.24) is 15.2 Å². The normalized spacial score (nSPS) is 22.3. The summed E-state index contributed by atoms with van der Waals surface area (Å²) in [6.45, 7) is 9.23. The van der Waals surface area contributed by atoms with Crippen molar-refractivity contribution in [3.8, 4) is 0 Å². The number of hydrogen-bond donors (Lipinski definition) is 1. The van der Waals surface area contributed by atoms with Gasteiger partial charge in [-0.15, -0.1) is 17.9 Å². The van der Waals surface area contributed by atoms with Gasteiger partial charge in [-0.2, -0.15) is 0 Å². The van der Waals surface area contributed by atoms with Crippen LogP contribution in [0.1, 0.15) is 30.6 Å². The molecule has 5 nitrogen and oxygen atoms in total. The number of nitrogens with one attached hydrogen (secondary N) is 1. The Labute approximate surface area is 116 Å². The fourth-order valence-corrected chi connectivity index (χ4v) is 2.78. The number of aryl methyl sites for hydroxylation is 1. The molecule has 0 aliphatic carbocycles. The SMILES string of the molecule is C=C[C@H](C)[C@H]1NC(=O)N([C@H](C)c2csc(C)n2)C1=O. The zero-order valence-electron chi connectivity index (χ0n) is 11.2. The van der Waals surface area contributed by atoms with Gasteiger partial charge in [0.15, 0.2) is 0 Å². The molecule has 1 saturated heterocycles. The Morgan fingerprint density at radius 2 is 2.21 bits per heavy atom. The molecule has 0 saturated carbocycles. The van der Waals surface area contributed by atoms with Crippen molar-refractivity contribution in [2.24, 2.45) is 5.92 Å². The highest BCUT2D eigenvalue weighted by Gasteiger charge is 2.43. The molecule has 0 bridgehead atoms. The number of thiazole rings is 1. The van der Waals surface area contributed by atoms with Crippen LogP contribution in [0, 0.1) is 12.8 Å². The van der Waals surface area contributed by atoms with Gasteiger partial charge < -0.3 is 5.32 Å². The van der Waals surface area contributed by atoms with Crippen LogP contribution >= 0.6 is 11.3 Å². The van der Waals surface area contributed by atoms with Gasteiger partial charge in [0.25, 0.3) is 5.91 Å². The van der Waals surface area contributed by atoms with E-state index in [0.717, 1.165) is 10.7 Å². The van der Waals surface area contributed by atoms with E-state index in [4.69, 9.17) is 0 Å². The molecule has 0 spiro atoms. The standard InChI is InChI=1S/C13H17N3O2S/c1-5-7(2)11-12(17)16(13(18)15-11)8(3)10-6-19-9(4)14-10/h5-8,11H,1H2,2-4H3,(H,15,18)/t7-,8+,11+/m0/s1. The Hall–Kier alpha value is -1.69. The third-order valence-corrected chi connectivity index (χ3v) is 4.14. The molecule has 102 valence electrons. The summed E-state index contributed by atoms with van der Waals surface area (Å²) in [5.41, 5.74) is 0.748. The summed E-state index contributed by atoms with van der Waals surface area (Å²) >= 11 is 1.51. The lowest BCUT2D eigenvalue weighted by atomic mass is 10.0. The van der Waals surface area contributed by atoms with Gasteiger partial charge in [0.1, 0.15) is 6.04 Å². The molecular formula is C13H17N3O2S. The smallest absolute Gasteiger partial charge is 0.325 e. The number of carbonyl (C=O) groups is 2. The van der Waals surface area contributed by atoms with E-state index in [1.54, 1.807) is 6.08 Å². The number of nitrogens with zero attached hydrogens (tertiary/aromatic N) is 2. The van der Waals surface area contributed by atoms with Gasteiger partial charge in [-0.3, -0.25) is 9.69 Å². The first-order valence-electron chi connectivity index (χ1n) is 6.14. The number of amides is 3. The van der Waals surface area contributed by atoms with Crippen LogP contribution in [0.4, 0.5) is 4.79 Å². The average molecular weight is 279 g/mol. The number of hydrogen-bond acceptors (Lipinski definition) is 4. The molecule has 1 aliphatic heterocycles. The third kappa shape index (κ3) is 2.40. The van der Waals surface area contributed by atoms with Gasteiger partial charge in [-0.05, 0) is 13.8 Å². The largest absolute Gasteiger partial charge is 0.325 e. The van der Waals surface area contributed by atoms with Crippen LogP contribution in [0.25, 0.3) is 0 Å². The van der Waals surface area contributed by atoms with Crippen molar-refractivity contribution in [2.45, 2.75) is 32.9 Å². The van der Waals surface area contributed by atoms with Crippen molar-refractivity contribution in [3.63, 3.8) is 0 Å². The van der Waals surface area contributed by atoms with Crippen LogP contribution in [0.5, 0.6) is 0 Å². The van der Waals surface area contributed by atoms with E-state index in [2.05, 4.69) is 16.9 Å². The molecule has 1 aromatic rings. The van der Waals surface area contributed by atoms with E-state index in [1.807, 2.05) is 26.2 Å². The maximum absolute atomic E-state index is 12.3. The first kappa shape index (κ1) is 13.7. The number of urea groups is 1. The summed E-state index contributed by atoms with van der Waals surface area (Å²) in [5.74, 6) is -0.304. The second-order valence-corrected chi connectivity index (χ2v) is 5.76. The first-order chi connectivity index (χ1) is 8.95. The summed E-state index contributed by atoms with van der Waals surface area (Å²) in [6.07, 6.45) is 1.67. The molecule has 3 atom stereocenters. The van der Waals surface area contributed by atoms with Crippen molar-refractivity contribution >= 4 is 23.3 Å². The number of carbonyl (C=O) groups excluding carboxylic acids is 2. The third-order valence-electron chi connectivity index (χ3n) is 3.35. The maximum Gasteiger partial charge on any atom is 0.325 e. The Morgan fingerprint density at radius 1 is 1.53 bits per heavy atom. The second-order valence-electron chi connectivity index (χ2n) is 4.70. The topological polar surface area (TPSA) is 62.3 Å². The minimum atomic E-state index is -0.521.